The van der Waals surface area contributed by atoms with E-state index in [1.165, 1.54) is 25.9 Å². The number of nitrogens with zero attached hydrogens (tertiary/aromatic N) is 2. The minimum absolute atomic E-state index is 0.602. The van der Waals surface area contributed by atoms with E-state index in [4.69, 9.17) is 14.5 Å². The zero-order chi connectivity index (χ0) is 17.0. The average Bonchev–Trinajstić information content (AvgIpc) is 3.09. The van der Waals surface area contributed by atoms with E-state index in [0.717, 1.165) is 64.9 Å². The summed E-state index contributed by atoms with van der Waals surface area (Å²) in [5.74, 6) is 2.23. The third-order valence-corrected chi connectivity index (χ3v) is 4.71. The number of aliphatic imine (C=N–C) groups is 1. The molecule has 0 saturated carbocycles. The fourth-order valence-electron chi connectivity index (χ4n) is 3.33. The molecule has 2 unspecified atom stereocenters. The molecular formula is C18H36N4O2. The van der Waals surface area contributed by atoms with E-state index >= 15 is 0 Å². The summed E-state index contributed by atoms with van der Waals surface area (Å²) in [7, 11) is 2.21. The van der Waals surface area contributed by atoms with Crippen LogP contribution in [-0.4, -0.2) is 77.1 Å². The summed E-state index contributed by atoms with van der Waals surface area (Å²) < 4.78 is 11.1. The van der Waals surface area contributed by atoms with Crippen LogP contribution >= 0.6 is 0 Å². The van der Waals surface area contributed by atoms with Gasteiger partial charge in [0.15, 0.2) is 5.96 Å². The molecule has 0 aliphatic carbocycles. The Kier molecular flexibility index (Phi) is 9.46. The second-order valence-corrected chi connectivity index (χ2v) is 7.07. The summed E-state index contributed by atoms with van der Waals surface area (Å²) >= 11 is 0. The van der Waals surface area contributed by atoms with E-state index in [2.05, 4.69) is 29.5 Å². The predicted octanol–water partition coefficient (Wildman–Crippen LogP) is 1.33. The number of rotatable bonds is 9. The van der Waals surface area contributed by atoms with Gasteiger partial charge in [-0.15, -0.1) is 0 Å². The van der Waals surface area contributed by atoms with Gasteiger partial charge in [0.1, 0.15) is 0 Å². The van der Waals surface area contributed by atoms with E-state index in [-0.39, 0.29) is 0 Å². The highest BCUT2D eigenvalue weighted by molar-refractivity contribution is 5.79. The van der Waals surface area contributed by atoms with E-state index in [1.807, 2.05) is 0 Å². The topological polar surface area (TPSA) is 58.1 Å². The SMILES string of the molecule is CCNC(=NCC1CCCN(C)C1)NCCCOCC1CCOC1. The fraction of sp³-hybridized carbons (Fsp3) is 0.944. The summed E-state index contributed by atoms with van der Waals surface area (Å²) in [6, 6.07) is 0. The Labute approximate surface area is 147 Å². The highest BCUT2D eigenvalue weighted by Crippen LogP contribution is 2.15. The summed E-state index contributed by atoms with van der Waals surface area (Å²) in [5.41, 5.74) is 0. The molecule has 24 heavy (non-hydrogen) atoms. The molecule has 0 aromatic carbocycles. The van der Waals surface area contributed by atoms with Crippen molar-refractivity contribution in [2.45, 2.75) is 32.6 Å². The Morgan fingerprint density at radius 1 is 1.29 bits per heavy atom. The van der Waals surface area contributed by atoms with Gasteiger partial charge in [-0.25, -0.2) is 0 Å². The van der Waals surface area contributed by atoms with Crippen molar-refractivity contribution in [3.63, 3.8) is 0 Å². The standard InChI is InChI=1S/C18H36N4O2/c1-3-19-18(21-12-16-6-4-9-22(2)13-16)20-8-5-10-23-14-17-7-11-24-15-17/h16-17H,3-15H2,1-2H3,(H2,19,20,21). The van der Waals surface area contributed by atoms with Gasteiger partial charge in [0.05, 0.1) is 13.2 Å². The van der Waals surface area contributed by atoms with Crippen molar-refractivity contribution in [1.82, 2.24) is 15.5 Å². The molecule has 0 aromatic heterocycles. The first-order valence-corrected chi connectivity index (χ1v) is 9.64. The van der Waals surface area contributed by atoms with Crippen molar-refractivity contribution >= 4 is 5.96 Å². The van der Waals surface area contributed by atoms with Gasteiger partial charge in [-0.05, 0) is 52.1 Å². The maximum atomic E-state index is 5.74. The zero-order valence-corrected chi connectivity index (χ0v) is 15.6. The maximum Gasteiger partial charge on any atom is 0.191 e. The van der Waals surface area contributed by atoms with Crippen LogP contribution in [0.4, 0.5) is 0 Å². The first kappa shape index (κ1) is 19.5. The Morgan fingerprint density at radius 2 is 2.21 bits per heavy atom. The molecule has 2 atom stereocenters. The molecule has 2 fully saturated rings. The van der Waals surface area contributed by atoms with Crippen LogP contribution in [0.2, 0.25) is 0 Å². The van der Waals surface area contributed by atoms with Gasteiger partial charge in [0.25, 0.3) is 0 Å². The predicted molar refractivity (Wildman–Crippen MR) is 98.6 cm³/mol. The second kappa shape index (κ2) is 11.7. The van der Waals surface area contributed by atoms with Crippen LogP contribution in [0.15, 0.2) is 4.99 Å². The number of hydrogen-bond donors (Lipinski definition) is 2. The number of guanidine groups is 1. The minimum Gasteiger partial charge on any atom is -0.381 e. The van der Waals surface area contributed by atoms with Crippen LogP contribution in [0.5, 0.6) is 0 Å². The highest BCUT2D eigenvalue weighted by Gasteiger charge is 2.17. The van der Waals surface area contributed by atoms with Gasteiger partial charge in [0.2, 0.25) is 0 Å². The molecule has 0 spiro atoms. The average molecular weight is 341 g/mol. The number of ether oxygens (including phenoxy) is 2. The van der Waals surface area contributed by atoms with Crippen molar-refractivity contribution in [1.29, 1.82) is 0 Å². The molecule has 2 aliphatic rings. The Balaban J connectivity index is 1.56. The molecule has 2 aliphatic heterocycles. The van der Waals surface area contributed by atoms with Gasteiger partial charge in [-0.1, -0.05) is 0 Å². The van der Waals surface area contributed by atoms with Crippen LogP contribution < -0.4 is 10.6 Å². The number of nitrogens with one attached hydrogen (secondary N) is 2. The van der Waals surface area contributed by atoms with Crippen molar-refractivity contribution in [2.24, 2.45) is 16.8 Å². The Bertz CT molecular complexity index is 359. The van der Waals surface area contributed by atoms with Crippen LogP contribution in [0.25, 0.3) is 0 Å². The smallest absolute Gasteiger partial charge is 0.191 e. The maximum absolute atomic E-state index is 5.74. The van der Waals surface area contributed by atoms with Gasteiger partial charge in [-0.3, -0.25) is 4.99 Å². The van der Waals surface area contributed by atoms with Crippen molar-refractivity contribution < 1.29 is 9.47 Å². The van der Waals surface area contributed by atoms with Crippen LogP contribution in [0.1, 0.15) is 32.6 Å². The van der Waals surface area contributed by atoms with Crippen LogP contribution in [-0.2, 0) is 9.47 Å². The molecule has 2 heterocycles. The summed E-state index contributed by atoms with van der Waals surface area (Å²) in [6.45, 7) is 10.6. The lowest BCUT2D eigenvalue weighted by molar-refractivity contribution is 0.0888. The second-order valence-electron chi connectivity index (χ2n) is 7.07. The molecule has 0 aromatic rings. The third kappa shape index (κ3) is 7.81. The van der Waals surface area contributed by atoms with Gasteiger partial charge in [-0.2, -0.15) is 0 Å². The van der Waals surface area contributed by atoms with Crippen LogP contribution in [0, 0.1) is 11.8 Å². The minimum atomic E-state index is 0.602. The monoisotopic (exact) mass is 340 g/mol. The van der Waals surface area contributed by atoms with Crippen molar-refractivity contribution in [2.75, 3.05) is 66.2 Å². The summed E-state index contributed by atoms with van der Waals surface area (Å²) in [5, 5.41) is 6.76. The van der Waals surface area contributed by atoms with Gasteiger partial charge in [0, 0.05) is 45.3 Å². The molecule has 2 saturated heterocycles. The quantitative estimate of drug-likeness (QED) is 0.377. The first-order valence-electron chi connectivity index (χ1n) is 9.64. The molecule has 0 bridgehead atoms. The van der Waals surface area contributed by atoms with E-state index in [1.54, 1.807) is 0 Å². The van der Waals surface area contributed by atoms with E-state index in [9.17, 15) is 0 Å². The molecular weight excluding hydrogens is 304 g/mol. The number of piperidine rings is 1. The lowest BCUT2D eigenvalue weighted by atomic mass is 9.99. The molecule has 2 N–H and O–H groups in total. The lowest BCUT2D eigenvalue weighted by Crippen LogP contribution is -2.39. The van der Waals surface area contributed by atoms with Gasteiger partial charge >= 0.3 is 0 Å². The zero-order valence-electron chi connectivity index (χ0n) is 15.6. The number of likely N-dealkylation sites (tertiary alicyclic amines) is 1. The lowest BCUT2D eigenvalue weighted by Gasteiger charge is -2.28. The fourth-order valence-corrected chi connectivity index (χ4v) is 3.33. The van der Waals surface area contributed by atoms with E-state index < -0.39 is 0 Å². The molecule has 0 radical (unpaired) electrons. The molecule has 0 amide bonds. The first-order chi connectivity index (χ1) is 11.8. The molecule has 140 valence electrons. The molecule has 6 nitrogen and oxygen atoms in total. The molecule has 6 heteroatoms. The van der Waals surface area contributed by atoms with Crippen LogP contribution in [0.3, 0.4) is 0 Å². The summed E-state index contributed by atoms with van der Waals surface area (Å²) in [6.07, 6.45) is 4.74. The Morgan fingerprint density at radius 3 is 2.96 bits per heavy atom. The van der Waals surface area contributed by atoms with Crippen molar-refractivity contribution in [3.05, 3.63) is 0 Å². The van der Waals surface area contributed by atoms with E-state index in [0.29, 0.717) is 11.8 Å². The molecule has 2 rings (SSSR count). The normalized spacial score (nSPS) is 25.8. The Hall–Kier alpha value is -0.850. The number of hydrogen-bond acceptors (Lipinski definition) is 4. The highest BCUT2D eigenvalue weighted by atomic mass is 16.5. The summed E-state index contributed by atoms with van der Waals surface area (Å²) in [4.78, 5) is 7.18. The van der Waals surface area contributed by atoms with Gasteiger partial charge < -0.3 is 25.0 Å². The third-order valence-electron chi connectivity index (χ3n) is 4.71. The largest absolute Gasteiger partial charge is 0.381 e. The van der Waals surface area contributed by atoms with Crippen molar-refractivity contribution in [3.8, 4) is 0 Å².